The van der Waals surface area contributed by atoms with Crippen LogP contribution in [0.2, 0.25) is 0 Å². The molecule has 2 N–H and O–H groups in total. The SMILES string of the molecule is CCOC1CC(N(C)C(=O)c2coc(CN)c2)C12CCCCC2. The lowest BCUT2D eigenvalue weighted by atomic mass is 9.54. The molecule has 0 bridgehead atoms. The highest BCUT2D eigenvalue weighted by Crippen LogP contribution is 2.55. The maximum Gasteiger partial charge on any atom is 0.257 e. The van der Waals surface area contributed by atoms with E-state index in [4.69, 9.17) is 14.9 Å². The van der Waals surface area contributed by atoms with Gasteiger partial charge in [-0.05, 0) is 32.3 Å². The molecule has 0 aromatic carbocycles. The van der Waals surface area contributed by atoms with Gasteiger partial charge in [-0.3, -0.25) is 4.79 Å². The molecule has 128 valence electrons. The van der Waals surface area contributed by atoms with E-state index in [-0.39, 0.29) is 17.4 Å². The average molecular weight is 320 g/mol. The van der Waals surface area contributed by atoms with Crippen molar-refractivity contribution in [2.75, 3.05) is 13.7 Å². The van der Waals surface area contributed by atoms with Crippen LogP contribution in [0.15, 0.2) is 16.7 Å². The number of nitrogens with two attached hydrogens (primary N) is 1. The molecule has 1 spiro atoms. The smallest absolute Gasteiger partial charge is 0.257 e. The minimum Gasteiger partial charge on any atom is -0.467 e. The molecule has 5 nitrogen and oxygen atoms in total. The van der Waals surface area contributed by atoms with E-state index < -0.39 is 0 Å². The number of carbonyl (C=O) groups is 1. The van der Waals surface area contributed by atoms with E-state index in [1.165, 1.54) is 38.4 Å². The van der Waals surface area contributed by atoms with Gasteiger partial charge in [-0.15, -0.1) is 0 Å². The summed E-state index contributed by atoms with van der Waals surface area (Å²) < 4.78 is 11.3. The first kappa shape index (κ1) is 16.5. The molecule has 0 aliphatic heterocycles. The van der Waals surface area contributed by atoms with Crippen LogP contribution < -0.4 is 5.73 Å². The van der Waals surface area contributed by atoms with E-state index in [0.29, 0.717) is 24.0 Å². The Morgan fingerprint density at radius 3 is 2.78 bits per heavy atom. The summed E-state index contributed by atoms with van der Waals surface area (Å²) in [5.41, 5.74) is 6.31. The van der Waals surface area contributed by atoms with Crippen LogP contribution in [0.1, 0.15) is 61.6 Å². The monoisotopic (exact) mass is 320 g/mol. The molecular formula is C18H28N2O3. The summed E-state index contributed by atoms with van der Waals surface area (Å²) >= 11 is 0. The Bertz CT molecular complexity index is 548. The molecule has 2 fully saturated rings. The van der Waals surface area contributed by atoms with Crippen LogP contribution in [0, 0.1) is 5.41 Å². The maximum atomic E-state index is 12.8. The number of furan rings is 1. The van der Waals surface area contributed by atoms with Crippen molar-refractivity contribution < 1.29 is 13.9 Å². The molecule has 5 heteroatoms. The first-order valence-electron chi connectivity index (χ1n) is 8.78. The fourth-order valence-corrected chi connectivity index (χ4v) is 4.52. The third-order valence-electron chi connectivity index (χ3n) is 5.78. The van der Waals surface area contributed by atoms with Crippen molar-refractivity contribution in [2.45, 2.75) is 64.1 Å². The highest BCUT2D eigenvalue weighted by atomic mass is 16.5. The second-order valence-corrected chi connectivity index (χ2v) is 6.91. The Morgan fingerprint density at radius 1 is 1.43 bits per heavy atom. The molecule has 1 aromatic rings. The van der Waals surface area contributed by atoms with Gasteiger partial charge < -0.3 is 19.8 Å². The van der Waals surface area contributed by atoms with Gasteiger partial charge in [0.25, 0.3) is 5.91 Å². The molecule has 2 aliphatic rings. The van der Waals surface area contributed by atoms with E-state index >= 15 is 0 Å². The lowest BCUT2D eigenvalue weighted by Crippen LogP contribution is -2.65. The van der Waals surface area contributed by atoms with E-state index in [0.717, 1.165) is 13.0 Å². The van der Waals surface area contributed by atoms with Crippen molar-refractivity contribution in [2.24, 2.45) is 11.1 Å². The van der Waals surface area contributed by atoms with Crippen molar-refractivity contribution in [3.63, 3.8) is 0 Å². The van der Waals surface area contributed by atoms with Gasteiger partial charge >= 0.3 is 0 Å². The molecule has 2 aliphatic carbocycles. The zero-order valence-electron chi connectivity index (χ0n) is 14.2. The van der Waals surface area contributed by atoms with Crippen LogP contribution in [0.3, 0.4) is 0 Å². The molecule has 1 aromatic heterocycles. The van der Waals surface area contributed by atoms with Crippen LogP contribution in [-0.2, 0) is 11.3 Å². The number of nitrogens with zero attached hydrogens (tertiary/aromatic N) is 1. The number of hydrogen-bond acceptors (Lipinski definition) is 4. The molecule has 3 rings (SSSR count). The summed E-state index contributed by atoms with van der Waals surface area (Å²) in [4.78, 5) is 14.7. The molecule has 1 heterocycles. The molecular weight excluding hydrogens is 292 g/mol. The Morgan fingerprint density at radius 2 is 2.17 bits per heavy atom. The van der Waals surface area contributed by atoms with E-state index in [9.17, 15) is 4.79 Å². The van der Waals surface area contributed by atoms with Gasteiger partial charge in [-0.1, -0.05) is 19.3 Å². The predicted molar refractivity (Wildman–Crippen MR) is 88.0 cm³/mol. The third kappa shape index (κ3) is 2.81. The van der Waals surface area contributed by atoms with Crippen LogP contribution in [0.5, 0.6) is 0 Å². The highest BCUT2D eigenvalue weighted by molar-refractivity contribution is 5.94. The minimum absolute atomic E-state index is 0.0262. The second-order valence-electron chi connectivity index (χ2n) is 6.91. The number of ether oxygens (including phenoxy) is 1. The van der Waals surface area contributed by atoms with Gasteiger partial charge in [0, 0.05) is 25.1 Å². The second kappa shape index (κ2) is 6.65. The topological polar surface area (TPSA) is 68.7 Å². The Labute approximate surface area is 138 Å². The van der Waals surface area contributed by atoms with Gasteiger partial charge in [-0.25, -0.2) is 0 Å². The number of rotatable bonds is 5. The van der Waals surface area contributed by atoms with E-state index in [1.54, 1.807) is 6.07 Å². The van der Waals surface area contributed by atoms with Crippen molar-refractivity contribution in [1.29, 1.82) is 0 Å². The van der Waals surface area contributed by atoms with E-state index in [2.05, 4.69) is 6.92 Å². The van der Waals surface area contributed by atoms with Crippen LogP contribution in [0.25, 0.3) is 0 Å². The maximum absolute atomic E-state index is 12.8. The minimum atomic E-state index is 0.0262. The van der Waals surface area contributed by atoms with Crippen molar-refractivity contribution >= 4 is 5.91 Å². The van der Waals surface area contributed by atoms with E-state index in [1.807, 2.05) is 11.9 Å². The zero-order chi connectivity index (χ0) is 16.4. The zero-order valence-corrected chi connectivity index (χ0v) is 14.2. The molecule has 0 saturated heterocycles. The Hall–Kier alpha value is -1.33. The van der Waals surface area contributed by atoms with Gasteiger partial charge in [0.05, 0.1) is 18.2 Å². The van der Waals surface area contributed by atoms with Crippen molar-refractivity contribution in [3.05, 3.63) is 23.7 Å². The fourth-order valence-electron chi connectivity index (χ4n) is 4.52. The van der Waals surface area contributed by atoms with Crippen LogP contribution in [0.4, 0.5) is 0 Å². The number of carbonyl (C=O) groups excluding carboxylic acids is 1. The molecule has 0 radical (unpaired) electrons. The molecule has 2 saturated carbocycles. The average Bonchev–Trinajstić information content (AvgIpc) is 3.07. The fraction of sp³-hybridized carbons (Fsp3) is 0.722. The lowest BCUT2D eigenvalue weighted by Gasteiger charge is -2.60. The summed E-state index contributed by atoms with van der Waals surface area (Å²) in [6.45, 7) is 3.12. The van der Waals surface area contributed by atoms with Crippen molar-refractivity contribution in [3.8, 4) is 0 Å². The van der Waals surface area contributed by atoms with Crippen LogP contribution >= 0.6 is 0 Å². The largest absolute Gasteiger partial charge is 0.467 e. The normalized spacial score (nSPS) is 26.0. The molecule has 23 heavy (non-hydrogen) atoms. The summed E-state index contributed by atoms with van der Waals surface area (Å²) in [7, 11) is 1.92. The summed E-state index contributed by atoms with van der Waals surface area (Å²) in [6.07, 6.45) is 8.88. The van der Waals surface area contributed by atoms with Gasteiger partial charge in [-0.2, -0.15) is 0 Å². The summed E-state index contributed by atoms with van der Waals surface area (Å²) in [5.74, 6) is 0.674. The number of amides is 1. The summed E-state index contributed by atoms with van der Waals surface area (Å²) in [5, 5.41) is 0. The molecule has 2 unspecified atom stereocenters. The highest BCUT2D eigenvalue weighted by Gasteiger charge is 2.57. The van der Waals surface area contributed by atoms with Gasteiger partial charge in [0.15, 0.2) is 0 Å². The first-order valence-corrected chi connectivity index (χ1v) is 8.78. The third-order valence-corrected chi connectivity index (χ3v) is 5.78. The van der Waals surface area contributed by atoms with Gasteiger partial charge in [0.1, 0.15) is 12.0 Å². The standard InChI is InChI=1S/C18H28N2O3/c1-3-22-16-10-15(18(16)7-5-4-6-8-18)20(2)17(21)13-9-14(11-19)23-12-13/h9,12,15-16H,3-8,10-11,19H2,1-2H3. The first-order chi connectivity index (χ1) is 11.1. The van der Waals surface area contributed by atoms with Gasteiger partial charge in [0.2, 0.25) is 0 Å². The molecule has 2 atom stereocenters. The molecule has 1 amide bonds. The predicted octanol–water partition coefficient (Wildman–Crippen LogP) is 2.94. The lowest BCUT2D eigenvalue weighted by molar-refractivity contribution is -0.170. The Kier molecular flexibility index (Phi) is 4.78. The summed E-state index contributed by atoms with van der Waals surface area (Å²) in [6, 6.07) is 2.02. The Balaban J connectivity index is 1.75. The number of hydrogen-bond donors (Lipinski definition) is 1. The van der Waals surface area contributed by atoms with Crippen LogP contribution in [-0.4, -0.2) is 36.6 Å². The van der Waals surface area contributed by atoms with Crippen molar-refractivity contribution in [1.82, 2.24) is 4.90 Å². The quantitative estimate of drug-likeness (QED) is 0.905.